The number of rotatable bonds is 6. The monoisotopic (exact) mass is 295 g/mol. The first-order chi connectivity index (χ1) is 9.95. The summed E-state index contributed by atoms with van der Waals surface area (Å²) in [5.41, 5.74) is 0. The van der Waals surface area contributed by atoms with Crippen LogP contribution >= 0.6 is 0 Å². The zero-order valence-corrected chi connectivity index (χ0v) is 13.8. The molecule has 2 atom stereocenters. The average molecular weight is 295 g/mol. The minimum Gasteiger partial charge on any atom is -0.338 e. The first-order valence-corrected chi connectivity index (χ1v) is 8.05. The lowest BCUT2D eigenvalue weighted by molar-refractivity contribution is 0.160. The van der Waals surface area contributed by atoms with Crippen LogP contribution in [-0.4, -0.2) is 42.2 Å². The number of urea groups is 1. The normalized spacial score (nSPS) is 22.0. The maximum absolute atomic E-state index is 12.3. The molecule has 0 aliphatic heterocycles. The molecule has 0 aromatic carbocycles. The number of hydrogen-bond acceptors (Lipinski definition) is 3. The SMILES string of the molecule is CC(C)N(C(=O)NCC1CCCC(CN=C=O)C1)C(C)C. The predicted octanol–water partition coefficient (Wildman–Crippen LogP) is 2.96. The van der Waals surface area contributed by atoms with Crippen molar-refractivity contribution >= 4 is 12.1 Å². The van der Waals surface area contributed by atoms with E-state index in [9.17, 15) is 9.59 Å². The molecule has 0 saturated heterocycles. The van der Waals surface area contributed by atoms with Gasteiger partial charge in [0.1, 0.15) is 0 Å². The first kappa shape index (κ1) is 17.7. The summed E-state index contributed by atoms with van der Waals surface area (Å²) in [6, 6.07) is 0.421. The Balaban J connectivity index is 2.43. The third-order valence-corrected chi connectivity index (χ3v) is 4.19. The fourth-order valence-corrected chi connectivity index (χ4v) is 3.31. The third kappa shape index (κ3) is 5.88. The third-order valence-electron chi connectivity index (χ3n) is 4.19. The smallest absolute Gasteiger partial charge is 0.317 e. The predicted molar refractivity (Wildman–Crippen MR) is 83.9 cm³/mol. The molecule has 0 spiro atoms. The summed E-state index contributed by atoms with van der Waals surface area (Å²) >= 11 is 0. The van der Waals surface area contributed by atoms with Crippen molar-refractivity contribution in [3.63, 3.8) is 0 Å². The highest BCUT2D eigenvalue weighted by molar-refractivity contribution is 5.74. The summed E-state index contributed by atoms with van der Waals surface area (Å²) in [6.07, 6.45) is 6.07. The largest absolute Gasteiger partial charge is 0.338 e. The van der Waals surface area contributed by atoms with Gasteiger partial charge in [-0.15, -0.1) is 0 Å². The van der Waals surface area contributed by atoms with Crippen molar-refractivity contribution in [2.75, 3.05) is 13.1 Å². The maximum atomic E-state index is 12.3. The minimum absolute atomic E-state index is 0.0213. The van der Waals surface area contributed by atoms with E-state index in [4.69, 9.17) is 0 Å². The Labute approximate surface area is 128 Å². The van der Waals surface area contributed by atoms with Crippen LogP contribution in [0.25, 0.3) is 0 Å². The van der Waals surface area contributed by atoms with Crippen LogP contribution < -0.4 is 5.32 Å². The number of aliphatic imine (C=N–C) groups is 1. The van der Waals surface area contributed by atoms with Crippen molar-refractivity contribution in [2.45, 2.75) is 65.5 Å². The van der Waals surface area contributed by atoms with Gasteiger partial charge in [-0.1, -0.05) is 6.42 Å². The van der Waals surface area contributed by atoms with Gasteiger partial charge in [0.25, 0.3) is 0 Å². The van der Waals surface area contributed by atoms with Crippen LogP contribution in [0.15, 0.2) is 4.99 Å². The van der Waals surface area contributed by atoms with Gasteiger partial charge in [0.15, 0.2) is 0 Å². The molecule has 0 radical (unpaired) electrons. The Bertz CT molecular complexity index is 368. The van der Waals surface area contributed by atoms with Crippen LogP contribution in [-0.2, 0) is 4.79 Å². The number of nitrogens with one attached hydrogen (secondary N) is 1. The maximum Gasteiger partial charge on any atom is 0.317 e. The molecule has 0 heterocycles. The lowest BCUT2D eigenvalue weighted by atomic mass is 9.81. The molecule has 1 aliphatic rings. The van der Waals surface area contributed by atoms with E-state index in [1.165, 1.54) is 0 Å². The van der Waals surface area contributed by atoms with Crippen molar-refractivity contribution in [1.82, 2.24) is 10.2 Å². The molecule has 5 heteroatoms. The number of hydrogen-bond donors (Lipinski definition) is 1. The van der Waals surface area contributed by atoms with E-state index < -0.39 is 0 Å². The molecule has 120 valence electrons. The highest BCUT2D eigenvalue weighted by Crippen LogP contribution is 2.28. The van der Waals surface area contributed by atoms with Crippen molar-refractivity contribution in [1.29, 1.82) is 0 Å². The highest BCUT2D eigenvalue weighted by Gasteiger charge is 2.24. The summed E-state index contributed by atoms with van der Waals surface area (Å²) in [6.45, 7) is 9.44. The van der Waals surface area contributed by atoms with E-state index >= 15 is 0 Å². The standard InChI is InChI=1S/C16H29N3O2/c1-12(2)19(13(3)4)16(21)18-10-15-7-5-6-14(8-15)9-17-11-20/h12-15H,5-10H2,1-4H3,(H,18,21). The molecule has 0 bridgehead atoms. The van der Waals surface area contributed by atoms with Crippen LogP contribution in [0, 0.1) is 11.8 Å². The Morgan fingerprint density at radius 2 is 1.86 bits per heavy atom. The molecule has 0 aromatic rings. The van der Waals surface area contributed by atoms with Gasteiger partial charge in [0.2, 0.25) is 6.08 Å². The number of isocyanates is 1. The fraction of sp³-hybridized carbons (Fsp3) is 0.875. The molecular formula is C16H29N3O2. The molecule has 1 fully saturated rings. The lowest BCUT2D eigenvalue weighted by Gasteiger charge is -2.33. The van der Waals surface area contributed by atoms with Crippen LogP contribution in [0.4, 0.5) is 4.79 Å². The van der Waals surface area contributed by atoms with Gasteiger partial charge in [0.05, 0.1) is 6.54 Å². The number of carbonyl (C=O) groups excluding carboxylic acids is 2. The van der Waals surface area contributed by atoms with Crippen molar-refractivity contribution in [3.05, 3.63) is 0 Å². The molecule has 2 unspecified atom stereocenters. The number of carbonyl (C=O) groups is 1. The van der Waals surface area contributed by atoms with Crippen LogP contribution in [0.2, 0.25) is 0 Å². The first-order valence-electron chi connectivity index (χ1n) is 8.05. The molecule has 21 heavy (non-hydrogen) atoms. The van der Waals surface area contributed by atoms with Crippen molar-refractivity contribution in [3.8, 4) is 0 Å². The second kappa shape index (κ2) is 8.83. The van der Waals surface area contributed by atoms with E-state index in [1.54, 1.807) is 6.08 Å². The van der Waals surface area contributed by atoms with Gasteiger partial charge in [0, 0.05) is 18.6 Å². The van der Waals surface area contributed by atoms with Crippen molar-refractivity contribution in [2.24, 2.45) is 16.8 Å². The van der Waals surface area contributed by atoms with Crippen LogP contribution in [0.1, 0.15) is 53.4 Å². The molecule has 1 aliphatic carbocycles. The summed E-state index contributed by atoms with van der Waals surface area (Å²) in [5, 5.41) is 3.07. The molecule has 1 saturated carbocycles. The molecule has 5 nitrogen and oxygen atoms in total. The molecular weight excluding hydrogens is 266 g/mol. The second-order valence-corrected chi connectivity index (χ2v) is 6.61. The summed E-state index contributed by atoms with van der Waals surface area (Å²) in [4.78, 5) is 28.0. The van der Waals surface area contributed by atoms with Gasteiger partial charge in [-0.3, -0.25) is 0 Å². The van der Waals surface area contributed by atoms with E-state index in [0.29, 0.717) is 18.4 Å². The summed E-state index contributed by atoms with van der Waals surface area (Å²) < 4.78 is 0. The van der Waals surface area contributed by atoms with Gasteiger partial charge in [-0.25, -0.2) is 14.6 Å². The summed E-state index contributed by atoms with van der Waals surface area (Å²) in [7, 11) is 0. The average Bonchev–Trinajstić information content (AvgIpc) is 2.42. The quantitative estimate of drug-likeness (QED) is 0.605. The molecule has 1 rings (SSSR count). The molecule has 0 aromatic heterocycles. The Morgan fingerprint density at radius 3 is 2.43 bits per heavy atom. The Kier molecular flexibility index (Phi) is 7.44. The highest BCUT2D eigenvalue weighted by atomic mass is 16.2. The van der Waals surface area contributed by atoms with Gasteiger partial charge < -0.3 is 10.2 Å². The topological polar surface area (TPSA) is 61.8 Å². The summed E-state index contributed by atoms with van der Waals surface area (Å²) in [5.74, 6) is 0.962. The zero-order chi connectivity index (χ0) is 15.8. The van der Waals surface area contributed by atoms with Crippen LogP contribution in [0.5, 0.6) is 0 Å². The Morgan fingerprint density at radius 1 is 1.24 bits per heavy atom. The Hall–Kier alpha value is -1.35. The van der Waals surface area contributed by atoms with E-state index in [-0.39, 0.29) is 18.1 Å². The van der Waals surface area contributed by atoms with Gasteiger partial charge in [-0.2, -0.15) is 0 Å². The van der Waals surface area contributed by atoms with Gasteiger partial charge in [-0.05, 0) is 58.8 Å². The minimum atomic E-state index is 0.0213. The van der Waals surface area contributed by atoms with E-state index in [0.717, 1.165) is 32.2 Å². The lowest BCUT2D eigenvalue weighted by Crippen LogP contribution is -2.49. The van der Waals surface area contributed by atoms with Crippen LogP contribution in [0.3, 0.4) is 0 Å². The van der Waals surface area contributed by atoms with Gasteiger partial charge >= 0.3 is 6.03 Å². The fourth-order valence-electron chi connectivity index (χ4n) is 3.31. The molecule has 1 N–H and O–H groups in total. The van der Waals surface area contributed by atoms with Crippen molar-refractivity contribution < 1.29 is 9.59 Å². The number of amides is 2. The van der Waals surface area contributed by atoms with E-state index in [1.807, 2.05) is 32.6 Å². The number of nitrogens with zero attached hydrogens (tertiary/aromatic N) is 2. The zero-order valence-electron chi connectivity index (χ0n) is 13.8. The molecule has 2 amide bonds. The van der Waals surface area contributed by atoms with E-state index in [2.05, 4.69) is 10.3 Å². The second-order valence-electron chi connectivity index (χ2n) is 6.61.